The molecule has 9 heteroatoms. The maximum absolute atomic E-state index is 12.4. The average molecular weight is 473 g/mol. The van der Waals surface area contributed by atoms with E-state index in [1.54, 1.807) is 41.9 Å². The number of hydrogen-bond donors (Lipinski definition) is 1. The van der Waals surface area contributed by atoms with Crippen molar-refractivity contribution >= 4 is 40.3 Å². The number of nitrogens with one attached hydrogen (secondary N) is 1. The Hall–Kier alpha value is -3.04. The fourth-order valence-corrected chi connectivity index (χ4v) is 3.91. The molecule has 3 aromatic rings. The van der Waals surface area contributed by atoms with Gasteiger partial charge in [-0.05, 0) is 36.4 Å². The number of Topliss-reactive ketones (excluding diaryl/α,β-unsaturated/α-hetero) is 1. The Balaban J connectivity index is 1.45. The van der Waals surface area contributed by atoms with Crippen molar-refractivity contribution in [2.45, 2.75) is 33.9 Å². The molecule has 0 spiro atoms. The minimum Gasteiger partial charge on any atom is -0.487 e. The SMILES string of the molecule is CC(C)(C)C(=O)NCc1ccc(C(=O)COC(=O)c2ccc(OCc3cscn3)cc2)s1. The zero-order valence-electron chi connectivity index (χ0n) is 18.0. The highest BCUT2D eigenvalue weighted by Gasteiger charge is 2.21. The molecule has 0 radical (unpaired) electrons. The van der Waals surface area contributed by atoms with Crippen LogP contribution in [0, 0.1) is 5.41 Å². The molecule has 0 bridgehead atoms. The molecule has 1 aromatic carbocycles. The van der Waals surface area contributed by atoms with E-state index in [-0.39, 0.29) is 18.3 Å². The van der Waals surface area contributed by atoms with Crippen LogP contribution in [0.25, 0.3) is 0 Å². The number of thiophene rings is 1. The monoisotopic (exact) mass is 472 g/mol. The van der Waals surface area contributed by atoms with Crippen LogP contribution in [0.3, 0.4) is 0 Å². The molecular formula is C23H24N2O5S2. The Kier molecular flexibility index (Phi) is 7.76. The molecule has 0 aliphatic rings. The zero-order valence-corrected chi connectivity index (χ0v) is 19.7. The summed E-state index contributed by atoms with van der Waals surface area (Å²) in [6, 6.07) is 9.97. The van der Waals surface area contributed by atoms with E-state index in [0.717, 1.165) is 10.6 Å². The van der Waals surface area contributed by atoms with Crippen molar-refractivity contribution < 1.29 is 23.9 Å². The lowest BCUT2D eigenvalue weighted by molar-refractivity contribution is -0.128. The second-order valence-electron chi connectivity index (χ2n) is 7.99. The fourth-order valence-electron chi connectivity index (χ4n) is 2.49. The highest BCUT2D eigenvalue weighted by Crippen LogP contribution is 2.19. The predicted octanol–water partition coefficient (Wildman–Crippen LogP) is 4.49. The fraction of sp³-hybridized carbons (Fsp3) is 0.304. The molecular weight excluding hydrogens is 448 g/mol. The third-order valence-corrected chi connectivity index (χ3v) is 6.10. The van der Waals surface area contributed by atoms with Gasteiger partial charge in [0.25, 0.3) is 0 Å². The van der Waals surface area contributed by atoms with Crippen molar-refractivity contribution in [3.63, 3.8) is 0 Å². The number of carbonyl (C=O) groups is 3. The molecule has 1 amide bonds. The summed E-state index contributed by atoms with van der Waals surface area (Å²) < 4.78 is 10.8. The molecule has 168 valence electrons. The Morgan fingerprint density at radius 1 is 1.06 bits per heavy atom. The molecule has 32 heavy (non-hydrogen) atoms. The molecule has 0 fully saturated rings. The number of benzene rings is 1. The lowest BCUT2D eigenvalue weighted by atomic mass is 9.96. The van der Waals surface area contributed by atoms with Gasteiger partial charge in [0.15, 0.2) is 6.61 Å². The Labute approximate surface area is 194 Å². The number of carbonyl (C=O) groups excluding carboxylic acids is 3. The Morgan fingerprint density at radius 2 is 1.81 bits per heavy atom. The number of aromatic nitrogens is 1. The molecule has 2 aromatic heterocycles. The standard InChI is InChI=1S/C23H24N2O5S2/c1-23(2,3)22(28)24-10-18-8-9-20(32-18)19(26)12-30-21(27)15-4-6-17(7-5-15)29-11-16-13-31-14-25-16/h4-9,13-14H,10-12H2,1-3H3,(H,24,28). The van der Waals surface area contributed by atoms with E-state index in [2.05, 4.69) is 10.3 Å². The van der Waals surface area contributed by atoms with Crippen molar-refractivity contribution in [1.82, 2.24) is 10.3 Å². The average Bonchev–Trinajstić information content (AvgIpc) is 3.46. The topological polar surface area (TPSA) is 94.6 Å². The molecule has 2 heterocycles. The molecule has 0 atom stereocenters. The normalized spacial score (nSPS) is 11.1. The van der Waals surface area contributed by atoms with Gasteiger partial charge in [0, 0.05) is 15.7 Å². The van der Waals surface area contributed by atoms with Crippen LogP contribution in [0.2, 0.25) is 0 Å². The maximum atomic E-state index is 12.4. The van der Waals surface area contributed by atoms with E-state index in [0.29, 0.717) is 29.3 Å². The summed E-state index contributed by atoms with van der Waals surface area (Å²) in [5.74, 6) is -0.332. The smallest absolute Gasteiger partial charge is 0.338 e. The number of thiazole rings is 1. The van der Waals surface area contributed by atoms with Gasteiger partial charge in [0.05, 0.1) is 28.2 Å². The van der Waals surface area contributed by atoms with Crippen molar-refractivity contribution in [2.75, 3.05) is 6.61 Å². The van der Waals surface area contributed by atoms with Crippen LogP contribution in [0.15, 0.2) is 47.3 Å². The van der Waals surface area contributed by atoms with Gasteiger partial charge >= 0.3 is 5.97 Å². The Bertz CT molecular complexity index is 1070. The van der Waals surface area contributed by atoms with Crippen molar-refractivity contribution in [3.05, 3.63) is 68.3 Å². The van der Waals surface area contributed by atoms with E-state index in [1.165, 1.54) is 22.7 Å². The van der Waals surface area contributed by atoms with Gasteiger partial charge in [0.2, 0.25) is 11.7 Å². The van der Waals surface area contributed by atoms with Crippen LogP contribution >= 0.6 is 22.7 Å². The zero-order chi connectivity index (χ0) is 23.1. The molecule has 0 aliphatic heterocycles. The van der Waals surface area contributed by atoms with Gasteiger partial charge in [-0.15, -0.1) is 22.7 Å². The van der Waals surface area contributed by atoms with E-state index >= 15 is 0 Å². The number of nitrogens with zero attached hydrogens (tertiary/aromatic N) is 1. The van der Waals surface area contributed by atoms with E-state index in [4.69, 9.17) is 9.47 Å². The number of ether oxygens (including phenoxy) is 2. The van der Waals surface area contributed by atoms with Crippen molar-refractivity contribution in [3.8, 4) is 5.75 Å². The van der Waals surface area contributed by atoms with E-state index in [1.807, 2.05) is 26.2 Å². The highest BCUT2D eigenvalue weighted by atomic mass is 32.1. The van der Waals surface area contributed by atoms with Gasteiger partial charge in [-0.3, -0.25) is 9.59 Å². The number of rotatable bonds is 9. The second kappa shape index (κ2) is 10.5. The van der Waals surface area contributed by atoms with Crippen LogP contribution in [-0.4, -0.2) is 29.3 Å². The molecule has 0 unspecified atom stereocenters. The lowest BCUT2D eigenvalue weighted by Crippen LogP contribution is -2.34. The number of hydrogen-bond acceptors (Lipinski definition) is 8. The van der Waals surface area contributed by atoms with Gasteiger partial charge in [-0.25, -0.2) is 9.78 Å². The summed E-state index contributed by atoms with van der Waals surface area (Å²) in [6.07, 6.45) is 0. The molecule has 0 saturated carbocycles. The first-order valence-electron chi connectivity index (χ1n) is 9.89. The molecule has 3 rings (SSSR count). The number of ketones is 1. The second-order valence-corrected chi connectivity index (χ2v) is 9.88. The van der Waals surface area contributed by atoms with E-state index < -0.39 is 11.4 Å². The molecule has 7 nitrogen and oxygen atoms in total. The van der Waals surface area contributed by atoms with Crippen molar-refractivity contribution in [1.29, 1.82) is 0 Å². The molecule has 0 aliphatic carbocycles. The van der Waals surface area contributed by atoms with Crippen LogP contribution in [-0.2, 0) is 22.7 Å². The quantitative estimate of drug-likeness (QED) is 0.364. The lowest BCUT2D eigenvalue weighted by Gasteiger charge is -2.17. The maximum Gasteiger partial charge on any atom is 0.338 e. The first-order chi connectivity index (χ1) is 15.2. The summed E-state index contributed by atoms with van der Waals surface area (Å²) in [5, 5.41) is 4.75. The number of esters is 1. The van der Waals surface area contributed by atoms with E-state index in [9.17, 15) is 14.4 Å². The summed E-state index contributed by atoms with van der Waals surface area (Å²) in [6.45, 7) is 5.86. The third kappa shape index (κ3) is 6.73. The summed E-state index contributed by atoms with van der Waals surface area (Å²) >= 11 is 2.77. The van der Waals surface area contributed by atoms with Crippen LogP contribution < -0.4 is 10.1 Å². The summed E-state index contributed by atoms with van der Waals surface area (Å²) in [5.41, 5.74) is 2.43. The first-order valence-corrected chi connectivity index (χ1v) is 11.7. The van der Waals surface area contributed by atoms with Crippen LogP contribution in [0.4, 0.5) is 0 Å². The minimum atomic E-state index is -0.585. The third-order valence-electron chi connectivity index (χ3n) is 4.34. The minimum absolute atomic E-state index is 0.0627. The van der Waals surface area contributed by atoms with Crippen LogP contribution in [0.5, 0.6) is 5.75 Å². The van der Waals surface area contributed by atoms with Gasteiger partial charge in [-0.1, -0.05) is 20.8 Å². The first kappa shape index (κ1) is 23.6. The predicted molar refractivity (Wildman–Crippen MR) is 123 cm³/mol. The van der Waals surface area contributed by atoms with Gasteiger partial charge in [-0.2, -0.15) is 0 Å². The largest absolute Gasteiger partial charge is 0.487 e. The van der Waals surface area contributed by atoms with Crippen LogP contribution in [0.1, 0.15) is 51.4 Å². The number of amides is 1. The van der Waals surface area contributed by atoms with Gasteiger partial charge < -0.3 is 14.8 Å². The van der Waals surface area contributed by atoms with Crippen molar-refractivity contribution in [2.24, 2.45) is 5.41 Å². The molecule has 1 N–H and O–H groups in total. The Morgan fingerprint density at radius 3 is 2.47 bits per heavy atom. The highest BCUT2D eigenvalue weighted by molar-refractivity contribution is 7.14. The molecule has 0 saturated heterocycles. The summed E-state index contributed by atoms with van der Waals surface area (Å²) in [4.78, 5) is 42.0. The van der Waals surface area contributed by atoms with Gasteiger partial charge in [0.1, 0.15) is 12.4 Å². The summed E-state index contributed by atoms with van der Waals surface area (Å²) in [7, 11) is 0.